The fourth-order valence-electron chi connectivity index (χ4n) is 3.39. The Kier molecular flexibility index (Phi) is 6.41. The molecule has 6 heteroatoms. The molecule has 1 atom stereocenters. The van der Waals surface area contributed by atoms with Crippen molar-refractivity contribution in [1.29, 1.82) is 0 Å². The molecule has 4 rings (SSSR count). The lowest BCUT2D eigenvalue weighted by Gasteiger charge is -2.15. The third kappa shape index (κ3) is 5.29. The molecule has 0 saturated heterocycles. The number of carboxylic acids is 1. The van der Waals surface area contributed by atoms with E-state index in [-0.39, 0.29) is 6.42 Å². The van der Waals surface area contributed by atoms with Crippen LogP contribution in [0.3, 0.4) is 0 Å². The van der Waals surface area contributed by atoms with E-state index in [0.717, 1.165) is 22.0 Å². The molecule has 0 aliphatic rings. The number of aliphatic carboxylic acids is 1. The standard InChI is InChI=1S/C26H22N2O4/c29-25(28-24(26(30)31)14-18-6-2-1-3-7-18)21-10-9-20-16-23(12-11-19(20)15-21)32-17-22-8-4-5-13-27-22/h1-13,15-16,24H,14,17H2,(H,28,29)(H,30,31). The van der Waals surface area contributed by atoms with Crippen molar-refractivity contribution >= 4 is 22.6 Å². The maximum atomic E-state index is 12.7. The molecule has 0 aliphatic heterocycles. The molecule has 6 nitrogen and oxygen atoms in total. The second-order valence-electron chi connectivity index (χ2n) is 7.39. The van der Waals surface area contributed by atoms with Crippen molar-refractivity contribution in [3.8, 4) is 5.75 Å². The van der Waals surface area contributed by atoms with Crippen LogP contribution in [-0.4, -0.2) is 28.0 Å². The summed E-state index contributed by atoms with van der Waals surface area (Å²) in [5, 5.41) is 13.9. The van der Waals surface area contributed by atoms with E-state index in [1.165, 1.54) is 0 Å². The van der Waals surface area contributed by atoms with E-state index in [9.17, 15) is 14.7 Å². The van der Waals surface area contributed by atoms with Crippen LogP contribution in [0, 0.1) is 0 Å². The monoisotopic (exact) mass is 426 g/mol. The van der Waals surface area contributed by atoms with Gasteiger partial charge < -0.3 is 15.2 Å². The summed E-state index contributed by atoms with van der Waals surface area (Å²) in [4.78, 5) is 28.6. The largest absolute Gasteiger partial charge is 0.487 e. The Balaban J connectivity index is 1.45. The number of fused-ring (bicyclic) bond motifs is 1. The van der Waals surface area contributed by atoms with Crippen molar-refractivity contribution < 1.29 is 19.4 Å². The van der Waals surface area contributed by atoms with Gasteiger partial charge in [0, 0.05) is 18.2 Å². The average Bonchev–Trinajstić information content (AvgIpc) is 2.83. The van der Waals surface area contributed by atoms with Gasteiger partial charge in [0.25, 0.3) is 5.91 Å². The minimum absolute atomic E-state index is 0.215. The second kappa shape index (κ2) is 9.75. The van der Waals surface area contributed by atoms with Crippen LogP contribution < -0.4 is 10.1 Å². The normalized spacial score (nSPS) is 11.6. The minimum Gasteiger partial charge on any atom is -0.487 e. The summed E-state index contributed by atoms with van der Waals surface area (Å²) in [5.41, 5.74) is 2.08. The van der Waals surface area contributed by atoms with Crippen LogP contribution in [-0.2, 0) is 17.8 Å². The van der Waals surface area contributed by atoms with Crippen LogP contribution in [0.2, 0.25) is 0 Å². The number of hydrogen-bond acceptors (Lipinski definition) is 4. The summed E-state index contributed by atoms with van der Waals surface area (Å²) in [6.07, 6.45) is 1.94. The van der Waals surface area contributed by atoms with Gasteiger partial charge in [-0.05, 0) is 52.7 Å². The number of rotatable bonds is 8. The molecule has 0 radical (unpaired) electrons. The Bertz CT molecular complexity index is 1230. The quantitative estimate of drug-likeness (QED) is 0.440. The van der Waals surface area contributed by atoms with Crippen molar-refractivity contribution in [2.24, 2.45) is 0 Å². The number of benzene rings is 3. The number of amides is 1. The lowest BCUT2D eigenvalue weighted by atomic mass is 10.0. The van der Waals surface area contributed by atoms with Crippen molar-refractivity contribution in [1.82, 2.24) is 10.3 Å². The summed E-state index contributed by atoms with van der Waals surface area (Å²) in [7, 11) is 0. The highest BCUT2D eigenvalue weighted by Gasteiger charge is 2.21. The van der Waals surface area contributed by atoms with Gasteiger partial charge in [0.15, 0.2) is 0 Å². The predicted octanol–water partition coefficient (Wildman–Crippen LogP) is 4.24. The molecule has 0 spiro atoms. The smallest absolute Gasteiger partial charge is 0.326 e. The number of carbonyl (C=O) groups excluding carboxylic acids is 1. The Morgan fingerprint density at radius 2 is 1.66 bits per heavy atom. The van der Waals surface area contributed by atoms with Crippen LogP contribution in [0.5, 0.6) is 5.75 Å². The fraction of sp³-hybridized carbons (Fsp3) is 0.115. The molecule has 4 aromatic rings. The Hall–Kier alpha value is -4.19. The van der Waals surface area contributed by atoms with Gasteiger partial charge in [0.05, 0.1) is 5.69 Å². The molecule has 1 aromatic heterocycles. The second-order valence-corrected chi connectivity index (χ2v) is 7.39. The van der Waals surface area contributed by atoms with Crippen LogP contribution >= 0.6 is 0 Å². The predicted molar refractivity (Wildman–Crippen MR) is 122 cm³/mol. The molecule has 2 N–H and O–H groups in total. The number of nitrogens with zero attached hydrogens (tertiary/aromatic N) is 1. The maximum absolute atomic E-state index is 12.7. The number of carboxylic acid groups (broad SMARTS) is 1. The van der Waals surface area contributed by atoms with Gasteiger partial charge in [0.1, 0.15) is 18.4 Å². The molecule has 0 saturated carbocycles. The number of carbonyl (C=O) groups is 2. The maximum Gasteiger partial charge on any atom is 0.326 e. The van der Waals surface area contributed by atoms with E-state index in [2.05, 4.69) is 10.3 Å². The Labute approximate surface area is 185 Å². The molecule has 0 bridgehead atoms. The van der Waals surface area contributed by atoms with E-state index in [1.807, 2.05) is 72.8 Å². The lowest BCUT2D eigenvalue weighted by Crippen LogP contribution is -2.42. The average molecular weight is 426 g/mol. The summed E-state index contributed by atoms with van der Waals surface area (Å²) in [6, 6.07) is 24.7. The number of ether oxygens (including phenoxy) is 1. The van der Waals surface area contributed by atoms with E-state index in [0.29, 0.717) is 17.9 Å². The fourth-order valence-corrected chi connectivity index (χ4v) is 3.39. The molecule has 0 aliphatic carbocycles. The summed E-state index contributed by atoms with van der Waals surface area (Å²) in [5.74, 6) is -0.794. The van der Waals surface area contributed by atoms with Crippen molar-refractivity contribution in [2.75, 3.05) is 0 Å². The third-order valence-corrected chi connectivity index (χ3v) is 5.07. The zero-order valence-electron chi connectivity index (χ0n) is 17.3. The van der Waals surface area contributed by atoms with Gasteiger partial charge in [-0.25, -0.2) is 4.79 Å². The van der Waals surface area contributed by atoms with E-state index < -0.39 is 17.9 Å². The van der Waals surface area contributed by atoms with Gasteiger partial charge >= 0.3 is 5.97 Å². The number of hydrogen-bond donors (Lipinski definition) is 2. The molecule has 1 amide bonds. The highest BCUT2D eigenvalue weighted by Crippen LogP contribution is 2.23. The molecule has 1 heterocycles. The van der Waals surface area contributed by atoms with Crippen LogP contribution in [0.15, 0.2) is 91.1 Å². The van der Waals surface area contributed by atoms with Gasteiger partial charge in [0.2, 0.25) is 0 Å². The van der Waals surface area contributed by atoms with Gasteiger partial charge in [-0.2, -0.15) is 0 Å². The Morgan fingerprint density at radius 3 is 2.41 bits per heavy atom. The number of aromatic nitrogens is 1. The zero-order valence-corrected chi connectivity index (χ0v) is 17.3. The summed E-state index contributed by atoms with van der Waals surface area (Å²) in [6.45, 7) is 0.366. The van der Waals surface area contributed by atoms with Crippen LogP contribution in [0.1, 0.15) is 21.6 Å². The zero-order chi connectivity index (χ0) is 22.3. The topological polar surface area (TPSA) is 88.5 Å². The minimum atomic E-state index is -1.07. The molecule has 3 aromatic carbocycles. The highest BCUT2D eigenvalue weighted by atomic mass is 16.5. The van der Waals surface area contributed by atoms with Crippen molar-refractivity contribution in [2.45, 2.75) is 19.1 Å². The van der Waals surface area contributed by atoms with Gasteiger partial charge in [-0.15, -0.1) is 0 Å². The van der Waals surface area contributed by atoms with Crippen LogP contribution in [0.4, 0.5) is 0 Å². The molecule has 1 unspecified atom stereocenters. The first-order valence-corrected chi connectivity index (χ1v) is 10.2. The molecular formula is C26H22N2O4. The Morgan fingerprint density at radius 1 is 0.906 bits per heavy atom. The third-order valence-electron chi connectivity index (χ3n) is 5.07. The number of nitrogens with one attached hydrogen (secondary N) is 1. The molecular weight excluding hydrogens is 404 g/mol. The molecule has 32 heavy (non-hydrogen) atoms. The summed E-state index contributed by atoms with van der Waals surface area (Å²) >= 11 is 0. The van der Waals surface area contributed by atoms with Gasteiger partial charge in [-0.3, -0.25) is 9.78 Å². The number of pyridine rings is 1. The van der Waals surface area contributed by atoms with Gasteiger partial charge in [-0.1, -0.05) is 48.5 Å². The van der Waals surface area contributed by atoms with Crippen LogP contribution in [0.25, 0.3) is 10.8 Å². The first-order chi connectivity index (χ1) is 15.6. The SMILES string of the molecule is O=C(NC(Cc1ccccc1)C(=O)O)c1ccc2cc(OCc3ccccn3)ccc2c1. The molecule has 160 valence electrons. The highest BCUT2D eigenvalue weighted by molar-refractivity contribution is 6.00. The van der Waals surface area contributed by atoms with Crippen molar-refractivity contribution in [3.63, 3.8) is 0 Å². The van der Waals surface area contributed by atoms with E-state index in [4.69, 9.17) is 4.74 Å². The van der Waals surface area contributed by atoms with E-state index >= 15 is 0 Å². The first kappa shape index (κ1) is 21.1. The summed E-state index contributed by atoms with van der Waals surface area (Å²) < 4.78 is 5.81. The lowest BCUT2D eigenvalue weighted by molar-refractivity contribution is -0.139. The van der Waals surface area contributed by atoms with E-state index in [1.54, 1.807) is 18.3 Å². The van der Waals surface area contributed by atoms with Crippen molar-refractivity contribution in [3.05, 3.63) is 108 Å². The first-order valence-electron chi connectivity index (χ1n) is 10.2. The molecule has 0 fully saturated rings.